The number of ketones is 1. The number of aryl methyl sites for hydroxylation is 1. The molecule has 18 heteroatoms. The van der Waals surface area contributed by atoms with E-state index in [1.54, 1.807) is 39.8 Å². The number of carbonyl (C=O) groups is 7. The summed E-state index contributed by atoms with van der Waals surface area (Å²) in [4.78, 5) is 100. The van der Waals surface area contributed by atoms with Crippen molar-refractivity contribution < 1.29 is 67.1 Å². The smallest absolute Gasteiger partial charge is 0.355 e. The molecule has 0 saturated carbocycles. The summed E-state index contributed by atoms with van der Waals surface area (Å²) in [5.74, 6) is -5.17. The lowest BCUT2D eigenvalue weighted by Crippen LogP contribution is -2.58. The number of cyclic esters (lactones) is 1. The van der Waals surface area contributed by atoms with Gasteiger partial charge in [0.15, 0.2) is 17.3 Å². The number of esters is 2. The molecule has 64 heavy (non-hydrogen) atoms. The molecule has 4 atom stereocenters. The number of pyridine rings is 1. The van der Waals surface area contributed by atoms with Crippen molar-refractivity contribution >= 4 is 57.9 Å². The summed E-state index contributed by atoms with van der Waals surface area (Å²) in [6.07, 6.45) is 2.64. The second-order valence-electron chi connectivity index (χ2n) is 16.3. The van der Waals surface area contributed by atoms with Crippen LogP contribution in [0.15, 0.2) is 35.4 Å². The zero-order valence-electron chi connectivity index (χ0n) is 37.7. The Balaban J connectivity index is 1.37. The van der Waals surface area contributed by atoms with E-state index in [2.05, 4.69) is 10.6 Å². The summed E-state index contributed by atoms with van der Waals surface area (Å²) in [5.41, 5.74) is 0.809. The van der Waals surface area contributed by atoms with Crippen molar-refractivity contribution in [2.75, 3.05) is 46.4 Å². The molecule has 0 radical (unpaired) electrons. The first kappa shape index (κ1) is 49.1. The molecular formula is C46H60N4O14. The number of nitrogens with zero attached hydrogens (tertiary/aromatic N) is 2. The number of nitrogens with one attached hydrogen (secondary N) is 2. The molecule has 1 saturated heterocycles. The molecule has 1 fully saturated rings. The van der Waals surface area contributed by atoms with Crippen LogP contribution in [0, 0.1) is 5.92 Å². The predicted octanol–water partition coefficient (Wildman–Crippen LogP) is 3.99. The molecule has 4 heterocycles. The van der Waals surface area contributed by atoms with Crippen molar-refractivity contribution in [2.24, 2.45) is 5.92 Å². The first-order valence-corrected chi connectivity index (χ1v) is 21.9. The van der Waals surface area contributed by atoms with Crippen molar-refractivity contribution in [1.82, 2.24) is 20.5 Å². The standard InChI is InChI=1S/C46H60N4O14/c1-8-15-59-17-18-60-16-13-38(52)47-34(23-39(53)54)43(56)50-14-11-12-35(50)42(55)49-40(26(4)5)44(57)64-46(10-3)32(31(28(7)51)24-61-45(46)58)19-27(6)41-29(9-2)20-30-21-36-37(63-25-62-36)22-33(30)48-41/h19-22,26,34-35,40H,8-18,23-25H2,1-7H3,(H,47,52)(H,49,55)(H,53,54)/b27-19+/t34-,35-,40?,46-/m0/s1. The Morgan fingerprint density at radius 3 is 2.31 bits per heavy atom. The molecule has 2 aromatic rings. The van der Waals surface area contributed by atoms with Gasteiger partial charge in [-0.2, -0.15) is 0 Å². The summed E-state index contributed by atoms with van der Waals surface area (Å²) < 4.78 is 33.5. The lowest BCUT2D eigenvalue weighted by molar-refractivity contribution is -0.182. The zero-order chi connectivity index (χ0) is 46.7. The van der Waals surface area contributed by atoms with Gasteiger partial charge in [0.05, 0.1) is 37.5 Å². The van der Waals surface area contributed by atoms with Crippen LogP contribution in [0.2, 0.25) is 0 Å². The monoisotopic (exact) mass is 892 g/mol. The predicted molar refractivity (Wildman–Crippen MR) is 231 cm³/mol. The molecule has 348 valence electrons. The Hall–Kier alpha value is -5.88. The lowest BCUT2D eigenvalue weighted by atomic mass is 9.82. The van der Waals surface area contributed by atoms with Crippen molar-refractivity contribution in [2.45, 2.75) is 117 Å². The van der Waals surface area contributed by atoms with Crippen LogP contribution in [-0.4, -0.2) is 127 Å². The van der Waals surface area contributed by atoms with Gasteiger partial charge in [0.25, 0.3) is 0 Å². The summed E-state index contributed by atoms with van der Waals surface area (Å²) in [6.45, 7) is 13.0. The molecule has 0 bridgehead atoms. The third-order valence-electron chi connectivity index (χ3n) is 11.4. The Morgan fingerprint density at radius 2 is 1.67 bits per heavy atom. The number of allylic oxidation sites excluding steroid dienone is 1. The van der Waals surface area contributed by atoms with Crippen LogP contribution < -0.4 is 20.1 Å². The second kappa shape index (κ2) is 22.2. The van der Waals surface area contributed by atoms with Crippen molar-refractivity contribution in [3.05, 3.63) is 46.7 Å². The number of amides is 3. The van der Waals surface area contributed by atoms with Gasteiger partial charge in [-0.1, -0.05) is 34.6 Å². The number of hydrogen-bond acceptors (Lipinski definition) is 14. The van der Waals surface area contributed by atoms with Crippen LogP contribution in [0.25, 0.3) is 16.5 Å². The molecule has 1 aromatic carbocycles. The first-order valence-electron chi connectivity index (χ1n) is 21.9. The minimum atomic E-state index is -2.10. The number of carboxylic acids is 1. The fourth-order valence-corrected chi connectivity index (χ4v) is 7.95. The van der Waals surface area contributed by atoms with Gasteiger partial charge in [0.2, 0.25) is 30.1 Å². The van der Waals surface area contributed by atoms with E-state index in [0.717, 1.165) is 17.4 Å². The summed E-state index contributed by atoms with van der Waals surface area (Å²) in [5, 5.41) is 15.6. The quantitative estimate of drug-likeness (QED) is 0.112. The van der Waals surface area contributed by atoms with Gasteiger partial charge in [0.1, 0.15) is 24.7 Å². The number of benzene rings is 1. The SMILES string of the molecule is CCCOCCOCCC(=O)N[C@@H](CC(=O)O)C(=O)N1CCC[C@H]1C(=O)NC(C(=O)O[C@]1(CC)C(=O)OCC(C(C)=O)=C1/C=C(\C)c1nc2cc3c(cc2cc1CC)OCO3)C(C)C. The van der Waals surface area contributed by atoms with E-state index in [1.165, 1.54) is 11.8 Å². The summed E-state index contributed by atoms with van der Waals surface area (Å²) in [7, 11) is 0. The van der Waals surface area contributed by atoms with Crippen LogP contribution in [0.4, 0.5) is 0 Å². The maximum absolute atomic E-state index is 14.4. The average molecular weight is 893 g/mol. The normalized spacial score (nSPS) is 19.4. The van der Waals surface area contributed by atoms with Crippen LogP contribution >= 0.6 is 0 Å². The summed E-state index contributed by atoms with van der Waals surface area (Å²) in [6, 6.07) is 1.69. The number of Topliss-reactive ketones (excluding diaryl/α,β-unsaturated/α-hetero) is 1. The number of rotatable bonds is 22. The number of fused-ring (bicyclic) bond motifs is 2. The molecule has 3 N–H and O–H groups in total. The zero-order valence-corrected chi connectivity index (χ0v) is 37.7. The fraction of sp³-hybridized carbons (Fsp3) is 0.565. The number of carboxylic acid groups (broad SMARTS) is 1. The third-order valence-corrected chi connectivity index (χ3v) is 11.4. The number of carbonyl (C=O) groups excluding carboxylic acids is 6. The number of likely N-dealkylation sites (tertiary alicyclic amines) is 1. The van der Waals surface area contributed by atoms with Crippen LogP contribution in [0.3, 0.4) is 0 Å². The number of ether oxygens (including phenoxy) is 6. The van der Waals surface area contributed by atoms with E-state index in [4.69, 9.17) is 33.4 Å². The highest BCUT2D eigenvalue weighted by Gasteiger charge is 2.51. The van der Waals surface area contributed by atoms with Gasteiger partial charge in [-0.15, -0.1) is 0 Å². The van der Waals surface area contributed by atoms with Crippen LogP contribution in [0.5, 0.6) is 11.5 Å². The van der Waals surface area contributed by atoms with E-state index in [0.29, 0.717) is 54.3 Å². The van der Waals surface area contributed by atoms with Crippen molar-refractivity contribution in [3.63, 3.8) is 0 Å². The fourth-order valence-electron chi connectivity index (χ4n) is 7.95. The van der Waals surface area contributed by atoms with Gasteiger partial charge in [-0.3, -0.25) is 24.0 Å². The Kier molecular flexibility index (Phi) is 17.0. The largest absolute Gasteiger partial charge is 0.481 e. The molecule has 5 rings (SSSR count). The molecule has 1 unspecified atom stereocenters. The molecule has 0 aliphatic carbocycles. The number of aliphatic carboxylic acids is 1. The van der Waals surface area contributed by atoms with Crippen LogP contribution in [-0.2, 0) is 58.9 Å². The van der Waals surface area contributed by atoms with Crippen molar-refractivity contribution in [3.8, 4) is 11.5 Å². The van der Waals surface area contributed by atoms with Crippen LogP contribution in [0.1, 0.15) is 98.2 Å². The van der Waals surface area contributed by atoms with E-state index in [9.17, 15) is 38.7 Å². The Morgan fingerprint density at radius 1 is 0.969 bits per heavy atom. The molecule has 3 aliphatic heterocycles. The highest BCUT2D eigenvalue weighted by molar-refractivity contribution is 6.02. The minimum absolute atomic E-state index is 0.0203. The summed E-state index contributed by atoms with van der Waals surface area (Å²) >= 11 is 0. The van der Waals surface area contributed by atoms with E-state index >= 15 is 0 Å². The van der Waals surface area contributed by atoms with Gasteiger partial charge in [-0.25, -0.2) is 14.6 Å². The van der Waals surface area contributed by atoms with E-state index in [1.807, 2.05) is 26.0 Å². The molecule has 0 spiro atoms. The molecule has 1 aromatic heterocycles. The minimum Gasteiger partial charge on any atom is -0.481 e. The average Bonchev–Trinajstić information content (AvgIpc) is 3.94. The Labute approximate surface area is 372 Å². The van der Waals surface area contributed by atoms with Crippen molar-refractivity contribution in [1.29, 1.82) is 0 Å². The van der Waals surface area contributed by atoms with Gasteiger partial charge < -0.3 is 49.1 Å². The molecule has 18 nitrogen and oxygen atoms in total. The number of aromatic nitrogens is 1. The molecule has 3 aliphatic rings. The first-order chi connectivity index (χ1) is 30.5. The second-order valence-corrected chi connectivity index (χ2v) is 16.3. The maximum Gasteiger partial charge on any atom is 0.355 e. The van der Waals surface area contributed by atoms with E-state index in [-0.39, 0.29) is 63.6 Å². The van der Waals surface area contributed by atoms with Gasteiger partial charge in [-0.05, 0) is 81.2 Å². The molecule has 3 amide bonds. The maximum atomic E-state index is 14.4. The highest BCUT2D eigenvalue weighted by Crippen LogP contribution is 2.40. The topological polar surface area (TPSA) is 235 Å². The van der Waals surface area contributed by atoms with Gasteiger partial charge in [0, 0.05) is 42.2 Å². The highest BCUT2D eigenvalue weighted by atomic mass is 16.7. The third kappa shape index (κ3) is 11.4. The molecular weight excluding hydrogens is 833 g/mol. The van der Waals surface area contributed by atoms with Gasteiger partial charge >= 0.3 is 17.9 Å². The number of hydrogen-bond donors (Lipinski definition) is 3. The lowest BCUT2D eigenvalue weighted by Gasteiger charge is -2.38. The van der Waals surface area contributed by atoms with E-state index < -0.39 is 77.5 Å². The Bertz CT molecular complexity index is 2180.